The molecule has 0 spiro atoms. The van der Waals surface area contributed by atoms with Gasteiger partial charge in [0.2, 0.25) is 0 Å². The van der Waals surface area contributed by atoms with Crippen molar-refractivity contribution in [2.45, 2.75) is 25.1 Å². The molecule has 1 unspecified atom stereocenters. The molecule has 5 N–H and O–H groups in total. The Labute approximate surface area is 106 Å². The molecule has 19 heavy (non-hydrogen) atoms. The fourth-order valence-electron chi connectivity index (χ4n) is 1.58. The van der Waals surface area contributed by atoms with E-state index >= 15 is 0 Å². The number of hydrogen-bond donors (Lipinski definition) is 4. The van der Waals surface area contributed by atoms with E-state index in [-0.39, 0.29) is 6.42 Å². The second kappa shape index (κ2) is 5.35. The first-order valence-corrected chi connectivity index (χ1v) is 5.23. The lowest BCUT2D eigenvalue weighted by Gasteiger charge is -2.18. The molecule has 8 heteroatoms. The number of phenolic OH excluding ortho intramolecular Hbond substituents is 2. The summed E-state index contributed by atoms with van der Waals surface area (Å²) in [6, 6.07) is -0.144. The number of aromatic hydroxyl groups is 2. The molecule has 0 saturated carbocycles. The number of rotatable bonds is 4. The van der Waals surface area contributed by atoms with Crippen LogP contribution in [0.5, 0.6) is 11.5 Å². The van der Waals surface area contributed by atoms with Crippen molar-refractivity contribution in [2.75, 3.05) is 0 Å². The summed E-state index contributed by atoms with van der Waals surface area (Å²) >= 11 is 0. The zero-order valence-electron chi connectivity index (χ0n) is 9.61. The number of benzene rings is 1. The lowest BCUT2D eigenvalue weighted by molar-refractivity contribution is -0.138. The van der Waals surface area contributed by atoms with E-state index < -0.39 is 47.2 Å². The largest absolute Gasteiger partial charge is 0.504 e. The van der Waals surface area contributed by atoms with Crippen molar-refractivity contribution >= 4 is 5.97 Å². The van der Waals surface area contributed by atoms with Gasteiger partial charge in [0, 0.05) is 12.5 Å². The summed E-state index contributed by atoms with van der Waals surface area (Å²) in [4.78, 5) is 10.4. The summed E-state index contributed by atoms with van der Waals surface area (Å²) in [5.41, 5.74) is 3.86. The second-order valence-electron chi connectivity index (χ2n) is 3.96. The van der Waals surface area contributed by atoms with Gasteiger partial charge in [-0.1, -0.05) is 0 Å². The molecule has 0 heterocycles. The zero-order chi connectivity index (χ0) is 14.8. The maximum atomic E-state index is 12.8. The molecule has 1 aromatic carbocycles. The average Bonchev–Trinajstić information content (AvgIpc) is 2.27. The summed E-state index contributed by atoms with van der Waals surface area (Å²) in [6.07, 6.45) is -5.38. The van der Waals surface area contributed by atoms with E-state index in [0.29, 0.717) is 12.1 Å². The molecule has 1 atom stereocenters. The third-order valence-corrected chi connectivity index (χ3v) is 2.52. The quantitative estimate of drug-likeness (QED) is 0.631. The first-order chi connectivity index (χ1) is 8.62. The standard InChI is InChI=1S/C11H12F3NO4/c12-11(13,14)6-4-9(17)8(16)3-5(6)7(15)1-2-10(18)19/h3-4,7,16-17H,1-2,15H2,(H,18,19). The molecule has 5 nitrogen and oxygen atoms in total. The van der Waals surface area contributed by atoms with E-state index in [4.69, 9.17) is 15.9 Å². The van der Waals surface area contributed by atoms with Crippen molar-refractivity contribution in [1.29, 1.82) is 0 Å². The fourth-order valence-corrected chi connectivity index (χ4v) is 1.58. The van der Waals surface area contributed by atoms with E-state index in [2.05, 4.69) is 0 Å². The van der Waals surface area contributed by atoms with Gasteiger partial charge in [0.1, 0.15) is 0 Å². The summed E-state index contributed by atoms with van der Waals surface area (Å²) < 4.78 is 38.3. The van der Waals surface area contributed by atoms with Crippen LogP contribution in [0.2, 0.25) is 0 Å². The van der Waals surface area contributed by atoms with Gasteiger partial charge in [-0.05, 0) is 24.1 Å². The van der Waals surface area contributed by atoms with Gasteiger partial charge in [0.15, 0.2) is 11.5 Å². The summed E-state index contributed by atoms with van der Waals surface area (Å²) in [5, 5.41) is 26.8. The Balaban J connectivity index is 3.17. The normalized spacial score (nSPS) is 13.3. The predicted molar refractivity (Wildman–Crippen MR) is 58.6 cm³/mol. The Morgan fingerprint density at radius 1 is 1.26 bits per heavy atom. The number of hydrogen-bond acceptors (Lipinski definition) is 4. The summed E-state index contributed by atoms with van der Waals surface area (Å²) in [5.74, 6) is -2.85. The van der Waals surface area contributed by atoms with E-state index in [1.807, 2.05) is 0 Å². The molecule has 0 aliphatic rings. The molecule has 0 aliphatic heterocycles. The van der Waals surface area contributed by atoms with Crippen molar-refractivity contribution in [3.8, 4) is 11.5 Å². The summed E-state index contributed by atoms with van der Waals surface area (Å²) in [7, 11) is 0. The van der Waals surface area contributed by atoms with Crippen LogP contribution in [-0.2, 0) is 11.0 Å². The molecule has 1 rings (SSSR count). The molecule has 0 aliphatic carbocycles. The minimum absolute atomic E-state index is 0.220. The van der Waals surface area contributed by atoms with Crippen LogP contribution in [0, 0.1) is 0 Å². The molecule has 0 amide bonds. The van der Waals surface area contributed by atoms with Crippen LogP contribution in [0.4, 0.5) is 13.2 Å². The molecule has 0 fully saturated rings. The van der Waals surface area contributed by atoms with Crippen LogP contribution in [-0.4, -0.2) is 21.3 Å². The zero-order valence-corrected chi connectivity index (χ0v) is 9.61. The van der Waals surface area contributed by atoms with Gasteiger partial charge < -0.3 is 21.1 Å². The first-order valence-electron chi connectivity index (χ1n) is 5.23. The van der Waals surface area contributed by atoms with Crippen molar-refractivity contribution in [1.82, 2.24) is 0 Å². The molecular formula is C11H12F3NO4. The lowest BCUT2D eigenvalue weighted by atomic mass is 9.96. The van der Waals surface area contributed by atoms with E-state index in [1.54, 1.807) is 0 Å². The minimum atomic E-state index is -4.76. The highest BCUT2D eigenvalue weighted by Crippen LogP contribution is 2.40. The highest BCUT2D eigenvalue weighted by molar-refractivity contribution is 5.66. The van der Waals surface area contributed by atoms with Crippen LogP contribution in [0.15, 0.2) is 12.1 Å². The first kappa shape index (κ1) is 15.1. The number of carboxylic acid groups (broad SMARTS) is 1. The average molecular weight is 279 g/mol. The number of nitrogens with two attached hydrogens (primary N) is 1. The minimum Gasteiger partial charge on any atom is -0.504 e. The molecule has 0 saturated heterocycles. The number of phenols is 2. The number of aliphatic carboxylic acids is 1. The molecule has 106 valence electrons. The SMILES string of the molecule is NC(CCC(=O)O)c1cc(O)c(O)cc1C(F)(F)F. The maximum absolute atomic E-state index is 12.8. The Morgan fingerprint density at radius 2 is 1.79 bits per heavy atom. The van der Waals surface area contributed by atoms with Crippen LogP contribution in [0.25, 0.3) is 0 Å². The highest BCUT2D eigenvalue weighted by atomic mass is 19.4. The Hall–Kier alpha value is -1.96. The van der Waals surface area contributed by atoms with Gasteiger partial charge in [-0.25, -0.2) is 0 Å². The van der Waals surface area contributed by atoms with Crippen LogP contribution in [0.3, 0.4) is 0 Å². The monoisotopic (exact) mass is 279 g/mol. The molecule has 0 radical (unpaired) electrons. The maximum Gasteiger partial charge on any atom is 0.416 e. The smallest absolute Gasteiger partial charge is 0.416 e. The van der Waals surface area contributed by atoms with Crippen molar-refractivity contribution < 1.29 is 33.3 Å². The van der Waals surface area contributed by atoms with Gasteiger partial charge in [-0.15, -0.1) is 0 Å². The number of carboxylic acids is 1. The van der Waals surface area contributed by atoms with Gasteiger partial charge in [-0.3, -0.25) is 4.79 Å². The topological polar surface area (TPSA) is 104 Å². The number of halogens is 3. The van der Waals surface area contributed by atoms with Gasteiger partial charge >= 0.3 is 12.1 Å². The van der Waals surface area contributed by atoms with Gasteiger partial charge in [-0.2, -0.15) is 13.2 Å². The molecule has 0 aromatic heterocycles. The van der Waals surface area contributed by atoms with E-state index in [0.717, 1.165) is 0 Å². The van der Waals surface area contributed by atoms with Gasteiger partial charge in [0.05, 0.1) is 5.56 Å². The number of alkyl halides is 3. The molecule has 0 bridgehead atoms. The predicted octanol–water partition coefficient (Wildman–Crippen LogP) is 1.98. The Kier molecular flexibility index (Phi) is 4.25. The van der Waals surface area contributed by atoms with Crippen molar-refractivity contribution in [2.24, 2.45) is 5.73 Å². The van der Waals surface area contributed by atoms with Gasteiger partial charge in [0.25, 0.3) is 0 Å². The Morgan fingerprint density at radius 3 is 2.26 bits per heavy atom. The second-order valence-corrected chi connectivity index (χ2v) is 3.96. The van der Waals surface area contributed by atoms with E-state index in [1.165, 1.54) is 0 Å². The lowest BCUT2D eigenvalue weighted by Crippen LogP contribution is -2.18. The molecule has 1 aromatic rings. The fraction of sp³-hybridized carbons (Fsp3) is 0.364. The third-order valence-electron chi connectivity index (χ3n) is 2.52. The third kappa shape index (κ3) is 3.75. The van der Waals surface area contributed by atoms with Crippen LogP contribution >= 0.6 is 0 Å². The Bertz CT molecular complexity index is 488. The van der Waals surface area contributed by atoms with Crippen molar-refractivity contribution in [3.63, 3.8) is 0 Å². The van der Waals surface area contributed by atoms with Crippen LogP contribution < -0.4 is 5.73 Å². The molecular weight excluding hydrogens is 267 g/mol. The van der Waals surface area contributed by atoms with Crippen LogP contribution in [0.1, 0.15) is 30.0 Å². The number of carbonyl (C=O) groups is 1. The summed E-state index contributed by atoms with van der Waals surface area (Å²) in [6.45, 7) is 0. The van der Waals surface area contributed by atoms with Crippen molar-refractivity contribution in [3.05, 3.63) is 23.3 Å². The van der Waals surface area contributed by atoms with E-state index in [9.17, 15) is 23.1 Å². The highest BCUT2D eigenvalue weighted by Gasteiger charge is 2.35.